The van der Waals surface area contributed by atoms with Crippen LogP contribution in [0.5, 0.6) is 0 Å². The van der Waals surface area contributed by atoms with Gasteiger partial charge in [-0.2, -0.15) is 0 Å². The summed E-state index contributed by atoms with van der Waals surface area (Å²) in [5, 5.41) is 6.00. The van der Waals surface area contributed by atoms with Crippen molar-refractivity contribution in [2.45, 2.75) is 51.7 Å². The fourth-order valence-corrected chi connectivity index (χ4v) is 3.76. The third-order valence-electron chi connectivity index (χ3n) is 3.98. The van der Waals surface area contributed by atoms with E-state index in [1.165, 1.54) is 10.4 Å². The summed E-state index contributed by atoms with van der Waals surface area (Å²) in [7, 11) is 0. The van der Waals surface area contributed by atoms with Gasteiger partial charge in [-0.25, -0.2) is 0 Å². The molecule has 1 saturated heterocycles. The summed E-state index contributed by atoms with van der Waals surface area (Å²) in [5.74, 6) is 0. The monoisotopic (exact) mass is 297 g/mol. The highest BCUT2D eigenvalue weighted by atomic mass is 32.1. The third kappa shape index (κ3) is 3.61. The normalized spacial score (nSPS) is 19.9. The molecular formula is C16H27NO2S. The first-order valence-electron chi connectivity index (χ1n) is 7.72. The predicted octanol–water partition coefficient (Wildman–Crippen LogP) is 3.68. The van der Waals surface area contributed by atoms with Crippen LogP contribution in [-0.2, 0) is 9.47 Å². The number of hydrogen-bond acceptors (Lipinski definition) is 4. The van der Waals surface area contributed by atoms with Gasteiger partial charge in [-0.15, -0.1) is 11.3 Å². The summed E-state index contributed by atoms with van der Waals surface area (Å²) in [6.45, 7) is 9.85. The van der Waals surface area contributed by atoms with Gasteiger partial charge in [0.05, 0.1) is 11.6 Å². The van der Waals surface area contributed by atoms with Crippen molar-refractivity contribution in [3.8, 4) is 0 Å². The van der Waals surface area contributed by atoms with Gasteiger partial charge in [-0.05, 0) is 43.8 Å². The van der Waals surface area contributed by atoms with Gasteiger partial charge in [-0.1, -0.05) is 6.92 Å². The SMILES string of the molecule is CCCNC(c1csc(C)c1)C1(OCC)CCOCC1. The second-order valence-electron chi connectivity index (χ2n) is 5.49. The summed E-state index contributed by atoms with van der Waals surface area (Å²) in [4.78, 5) is 1.36. The first-order chi connectivity index (χ1) is 9.72. The Hall–Kier alpha value is -0.420. The lowest BCUT2D eigenvalue weighted by Gasteiger charge is -2.43. The number of thiophene rings is 1. The molecule has 1 N–H and O–H groups in total. The zero-order chi connectivity index (χ0) is 14.4. The van der Waals surface area contributed by atoms with Crippen LogP contribution >= 0.6 is 11.3 Å². The van der Waals surface area contributed by atoms with Crippen LogP contribution in [0.25, 0.3) is 0 Å². The van der Waals surface area contributed by atoms with E-state index in [-0.39, 0.29) is 11.6 Å². The van der Waals surface area contributed by atoms with Gasteiger partial charge in [-0.3, -0.25) is 0 Å². The van der Waals surface area contributed by atoms with Crippen LogP contribution in [0.2, 0.25) is 0 Å². The molecule has 1 aliphatic heterocycles. The van der Waals surface area contributed by atoms with Gasteiger partial charge in [0.25, 0.3) is 0 Å². The van der Waals surface area contributed by atoms with Crippen molar-refractivity contribution in [2.75, 3.05) is 26.4 Å². The van der Waals surface area contributed by atoms with E-state index in [4.69, 9.17) is 9.47 Å². The molecule has 2 heterocycles. The van der Waals surface area contributed by atoms with Crippen LogP contribution in [0.4, 0.5) is 0 Å². The largest absolute Gasteiger partial charge is 0.381 e. The van der Waals surface area contributed by atoms with E-state index in [0.29, 0.717) is 0 Å². The second-order valence-corrected chi connectivity index (χ2v) is 6.60. The Balaban J connectivity index is 2.26. The smallest absolute Gasteiger partial charge is 0.0920 e. The van der Waals surface area contributed by atoms with Crippen molar-refractivity contribution in [1.82, 2.24) is 5.32 Å². The number of rotatable bonds is 7. The van der Waals surface area contributed by atoms with Crippen LogP contribution < -0.4 is 5.32 Å². The van der Waals surface area contributed by atoms with Gasteiger partial charge >= 0.3 is 0 Å². The average Bonchev–Trinajstić information content (AvgIpc) is 2.87. The molecule has 2 rings (SSSR count). The van der Waals surface area contributed by atoms with E-state index >= 15 is 0 Å². The lowest BCUT2D eigenvalue weighted by molar-refractivity contribution is -0.128. The first-order valence-corrected chi connectivity index (χ1v) is 8.60. The molecule has 20 heavy (non-hydrogen) atoms. The highest BCUT2D eigenvalue weighted by molar-refractivity contribution is 7.10. The van der Waals surface area contributed by atoms with Gasteiger partial charge in [0, 0.05) is 37.5 Å². The highest BCUT2D eigenvalue weighted by Gasteiger charge is 2.42. The van der Waals surface area contributed by atoms with Crippen molar-refractivity contribution in [2.24, 2.45) is 0 Å². The maximum atomic E-state index is 6.26. The van der Waals surface area contributed by atoms with Gasteiger partial charge < -0.3 is 14.8 Å². The van der Waals surface area contributed by atoms with Gasteiger partial charge in [0.2, 0.25) is 0 Å². The van der Waals surface area contributed by atoms with Crippen molar-refractivity contribution in [3.63, 3.8) is 0 Å². The fourth-order valence-electron chi connectivity index (χ4n) is 3.03. The molecule has 4 heteroatoms. The highest BCUT2D eigenvalue weighted by Crippen LogP contribution is 2.39. The van der Waals surface area contributed by atoms with E-state index in [1.54, 1.807) is 0 Å². The molecule has 0 spiro atoms. The van der Waals surface area contributed by atoms with E-state index < -0.39 is 0 Å². The molecule has 0 amide bonds. The topological polar surface area (TPSA) is 30.5 Å². The fraction of sp³-hybridized carbons (Fsp3) is 0.750. The first kappa shape index (κ1) is 16.0. The quantitative estimate of drug-likeness (QED) is 0.832. The van der Waals surface area contributed by atoms with Crippen LogP contribution in [0.1, 0.15) is 49.6 Å². The number of ether oxygens (including phenoxy) is 2. The molecule has 1 aromatic rings. The molecule has 1 unspecified atom stereocenters. The molecule has 0 bridgehead atoms. The molecule has 1 aromatic heterocycles. The average molecular weight is 297 g/mol. The van der Waals surface area contributed by atoms with E-state index in [9.17, 15) is 0 Å². The summed E-state index contributed by atoms with van der Waals surface area (Å²) in [6.07, 6.45) is 3.08. The minimum Gasteiger partial charge on any atom is -0.381 e. The molecule has 0 saturated carbocycles. The lowest BCUT2D eigenvalue weighted by atomic mass is 9.82. The molecule has 0 radical (unpaired) electrons. The molecule has 1 fully saturated rings. The Morgan fingerprint density at radius 2 is 2.15 bits per heavy atom. The van der Waals surface area contributed by atoms with Crippen LogP contribution in [0, 0.1) is 6.92 Å². The third-order valence-corrected chi connectivity index (χ3v) is 4.86. The molecule has 3 nitrogen and oxygen atoms in total. The van der Waals surface area contributed by atoms with E-state index in [0.717, 1.165) is 45.6 Å². The van der Waals surface area contributed by atoms with Crippen LogP contribution in [0.15, 0.2) is 11.4 Å². The summed E-state index contributed by atoms with van der Waals surface area (Å²) >= 11 is 1.82. The Morgan fingerprint density at radius 3 is 2.70 bits per heavy atom. The molecule has 1 atom stereocenters. The minimum absolute atomic E-state index is 0.115. The Morgan fingerprint density at radius 1 is 1.40 bits per heavy atom. The van der Waals surface area contributed by atoms with Gasteiger partial charge in [0.15, 0.2) is 0 Å². The van der Waals surface area contributed by atoms with E-state index in [2.05, 4.69) is 37.5 Å². The molecule has 0 aromatic carbocycles. The Kier molecular flexibility index (Phi) is 6.02. The van der Waals surface area contributed by atoms with Crippen molar-refractivity contribution in [1.29, 1.82) is 0 Å². The maximum absolute atomic E-state index is 6.26. The van der Waals surface area contributed by atoms with Crippen molar-refractivity contribution >= 4 is 11.3 Å². The zero-order valence-electron chi connectivity index (χ0n) is 12.9. The zero-order valence-corrected chi connectivity index (χ0v) is 13.7. The molecular weight excluding hydrogens is 270 g/mol. The Bertz CT molecular complexity index is 393. The summed E-state index contributed by atoms with van der Waals surface area (Å²) in [5.41, 5.74) is 1.26. The number of hydrogen-bond donors (Lipinski definition) is 1. The molecule has 1 aliphatic rings. The van der Waals surface area contributed by atoms with Gasteiger partial charge in [0.1, 0.15) is 0 Å². The second kappa shape index (κ2) is 7.55. The summed E-state index contributed by atoms with van der Waals surface area (Å²) < 4.78 is 11.8. The van der Waals surface area contributed by atoms with E-state index in [1.807, 2.05) is 11.3 Å². The maximum Gasteiger partial charge on any atom is 0.0920 e. The van der Waals surface area contributed by atoms with Crippen molar-refractivity contribution in [3.05, 3.63) is 21.9 Å². The molecule has 0 aliphatic carbocycles. The number of aryl methyl sites for hydroxylation is 1. The predicted molar refractivity (Wildman–Crippen MR) is 84.5 cm³/mol. The van der Waals surface area contributed by atoms with Crippen LogP contribution in [0.3, 0.4) is 0 Å². The standard InChI is InChI=1S/C16H27NO2S/c1-4-8-17-15(14-11-13(3)20-12-14)16(19-5-2)6-9-18-10-7-16/h11-12,15,17H,4-10H2,1-3H3. The van der Waals surface area contributed by atoms with Crippen LogP contribution in [-0.4, -0.2) is 32.0 Å². The van der Waals surface area contributed by atoms with Crippen molar-refractivity contribution < 1.29 is 9.47 Å². The number of nitrogens with one attached hydrogen (secondary N) is 1. The minimum atomic E-state index is -0.115. The molecule has 114 valence electrons. The summed E-state index contributed by atoms with van der Waals surface area (Å²) in [6, 6.07) is 2.57. The lowest BCUT2D eigenvalue weighted by Crippen LogP contribution is -2.50. The Labute approximate surface area is 126 Å².